The molecule has 1 aromatic rings. The molecule has 5 nitrogen and oxygen atoms in total. The molecule has 0 bridgehead atoms. The van der Waals surface area contributed by atoms with Crippen LogP contribution in [-0.4, -0.2) is 38.5 Å². The van der Waals surface area contributed by atoms with Crippen LogP contribution in [0.4, 0.5) is 0 Å². The summed E-state index contributed by atoms with van der Waals surface area (Å²) in [4.78, 5) is 10.7. The normalized spacial score (nSPS) is 11.9. The molecule has 1 aromatic carbocycles. The van der Waals surface area contributed by atoms with Gasteiger partial charge in [0.15, 0.2) is 9.84 Å². The summed E-state index contributed by atoms with van der Waals surface area (Å²) >= 11 is 11.6. The molecule has 0 amide bonds. The second-order valence-corrected chi connectivity index (χ2v) is 7.75. The first kappa shape index (κ1) is 18.2. The highest BCUT2D eigenvalue weighted by Gasteiger charge is 2.22. The molecule has 1 rings (SSSR count). The van der Waals surface area contributed by atoms with Gasteiger partial charge in [-0.3, -0.25) is 0 Å². The second kappa shape index (κ2) is 7.45. The summed E-state index contributed by atoms with van der Waals surface area (Å²) in [5, 5.41) is 8.76. The summed E-state index contributed by atoms with van der Waals surface area (Å²) < 4.78 is 29.6. The first-order valence-electron chi connectivity index (χ1n) is 6.18. The zero-order valence-electron chi connectivity index (χ0n) is 11.6. The maximum atomic E-state index is 12.2. The minimum atomic E-state index is -3.74. The highest BCUT2D eigenvalue weighted by atomic mass is 35.5. The molecule has 0 saturated carbocycles. The van der Waals surface area contributed by atoms with Gasteiger partial charge in [-0.25, -0.2) is 13.2 Å². The molecular weight excluding hydrogens is 339 g/mol. The molecule has 0 saturated heterocycles. The molecule has 8 heteroatoms. The van der Waals surface area contributed by atoms with Crippen molar-refractivity contribution in [2.24, 2.45) is 5.92 Å². The summed E-state index contributed by atoms with van der Waals surface area (Å²) in [6.45, 7) is 4.36. The molecule has 1 N–H and O–H groups in total. The zero-order valence-corrected chi connectivity index (χ0v) is 13.9. The summed E-state index contributed by atoms with van der Waals surface area (Å²) in [5.74, 6) is -1.30. The highest BCUT2D eigenvalue weighted by molar-refractivity contribution is 7.91. The zero-order chi connectivity index (χ0) is 16.2. The maximum absolute atomic E-state index is 12.2. The molecule has 0 atom stereocenters. The molecule has 0 unspecified atom stereocenters. The van der Waals surface area contributed by atoms with Gasteiger partial charge in [-0.1, -0.05) is 37.0 Å². The van der Waals surface area contributed by atoms with E-state index in [-0.39, 0.29) is 32.9 Å². The van der Waals surface area contributed by atoms with E-state index in [2.05, 4.69) is 0 Å². The molecule has 0 fully saturated rings. The van der Waals surface area contributed by atoms with E-state index in [1.807, 2.05) is 13.8 Å². The van der Waals surface area contributed by atoms with E-state index in [0.29, 0.717) is 12.5 Å². The fourth-order valence-electron chi connectivity index (χ4n) is 1.53. The number of carboxylic acids is 1. The van der Waals surface area contributed by atoms with E-state index >= 15 is 0 Å². The lowest BCUT2D eigenvalue weighted by Gasteiger charge is -2.10. The van der Waals surface area contributed by atoms with Gasteiger partial charge in [-0.05, 0) is 18.1 Å². The number of hydrogen-bond donors (Lipinski definition) is 1. The number of ether oxygens (including phenoxy) is 1. The highest BCUT2D eigenvalue weighted by Crippen LogP contribution is 2.29. The predicted octanol–water partition coefficient (Wildman–Crippen LogP) is 3.14. The van der Waals surface area contributed by atoms with Gasteiger partial charge < -0.3 is 9.84 Å². The van der Waals surface area contributed by atoms with Gasteiger partial charge in [0.05, 0.1) is 32.9 Å². The molecule has 0 aromatic heterocycles. The Balaban J connectivity index is 2.97. The Bertz CT molecular complexity index is 626. The summed E-state index contributed by atoms with van der Waals surface area (Å²) in [6.07, 6.45) is 0. The Morgan fingerprint density at radius 3 is 2.43 bits per heavy atom. The molecule has 0 spiro atoms. The van der Waals surface area contributed by atoms with Crippen LogP contribution >= 0.6 is 23.2 Å². The van der Waals surface area contributed by atoms with E-state index in [9.17, 15) is 13.2 Å². The molecule has 0 heterocycles. The molecule has 0 aliphatic rings. The van der Waals surface area contributed by atoms with Crippen molar-refractivity contribution in [2.75, 3.05) is 19.0 Å². The van der Waals surface area contributed by atoms with Gasteiger partial charge in [0, 0.05) is 6.61 Å². The van der Waals surface area contributed by atoms with Gasteiger partial charge in [0.2, 0.25) is 0 Å². The van der Waals surface area contributed by atoms with Crippen LogP contribution in [0.25, 0.3) is 0 Å². The number of rotatable bonds is 7. The van der Waals surface area contributed by atoms with Gasteiger partial charge in [0.1, 0.15) is 0 Å². The third-order valence-corrected chi connectivity index (χ3v) is 4.98. The van der Waals surface area contributed by atoms with E-state index < -0.39 is 15.8 Å². The minimum Gasteiger partial charge on any atom is -0.478 e. The van der Waals surface area contributed by atoms with Crippen molar-refractivity contribution in [2.45, 2.75) is 18.7 Å². The smallest absolute Gasteiger partial charge is 0.337 e. The molecule has 118 valence electrons. The van der Waals surface area contributed by atoms with Crippen molar-refractivity contribution in [1.29, 1.82) is 0 Å². The number of carbonyl (C=O) groups is 1. The summed E-state index contributed by atoms with van der Waals surface area (Å²) in [6, 6.07) is 2.10. The maximum Gasteiger partial charge on any atom is 0.337 e. The largest absolute Gasteiger partial charge is 0.478 e. The average Bonchev–Trinajstić information content (AvgIpc) is 2.33. The third kappa shape index (κ3) is 5.14. The number of aromatic carboxylic acids is 1. The fraction of sp³-hybridized carbons (Fsp3) is 0.462. The molecular formula is C13H16Cl2O5S. The van der Waals surface area contributed by atoms with Crippen LogP contribution in [0.2, 0.25) is 10.0 Å². The summed E-state index contributed by atoms with van der Waals surface area (Å²) in [7, 11) is -3.74. The van der Waals surface area contributed by atoms with E-state index in [1.165, 1.54) is 0 Å². The lowest BCUT2D eigenvalue weighted by molar-refractivity contribution is 0.0697. The molecule has 0 aliphatic carbocycles. The Morgan fingerprint density at radius 1 is 1.29 bits per heavy atom. The third-order valence-electron chi connectivity index (χ3n) is 2.53. The van der Waals surface area contributed by atoms with Gasteiger partial charge >= 0.3 is 5.97 Å². The van der Waals surface area contributed by atoms with Gasteiger partial charge in [-0.15, -0.1) is 0 Å². The number of benzene rings is 1. The lowest BCUT2D eigenvalue weighted by Crippen LogP contribution is -2.15. The number of sulfone groups is 1. The lowest BCUT2D eigenvalue weighted by atomic mass is 10.2. The number of halogens is 2. The van der Waals surface area contributed by atoms with Crippen LogP contribution < -0.4 is 0 Å². The predicted molar refractivity (Wildman–Crippen MR) is 81.1 cm³/mol. The van der Waals surface area contributed by atoms with Crippen LogP contribution in [0.3, 0.4) is 0 Å². The van der Waals surface area contributed by atoms with Crippen molar-refractivity contribution >= 4 is 39.0 Å². The molecule has 0 radical (unpaired) electrons. The monoisotopic (exact) mass is 354 g/mol. The molecule has 0 aliphatic heterocycles. The van der Waals surface area contributed by atoms with Crippen LogP contribution in [0, 0.1) is 5.92 Å². The molecule has 21 heavy (non-hydrogen) atoms. The van der Waals surface area contributed by atoms with Crippen LogP contribution in [0.5, 0.6) is 0 Å². The standard InChI is InChI=1S/C13H16Cl2O5S/c1-8(2)7-20-3-4-21(18,19)12-5-9(13(16)17)10(14)6-11(12)15/h5-6,8H,3-4,7H2,1-2H3,(H,16,17). The van der Waals surface area contributed by atoms with Crippen LogP contribution in [0.15, 0.2) is 17.0 Å². The minimum absolute atomic E-state index is 0.0157. The summed E-state index contributed by atoms with van der Waals surface area (Å²) in [5.41, 5.74) is -0.303. The topological polar surface area (TPSA) is 80.7 Å². The number of carboxylic acid groups (broad SMARTS) is 1. The van der Waals surface area contributed by atoms with Gasteiger partial charge in [-0.2, -0.15) is 0 Å². The van der Waals surface area contributed by atoms with Crippen molar-refractivity contribution in [3.8, 4) is 0 Å². The SMILES string of the molecule is CC(C)COCCS(=O)(=O)c1cc(C(=O)O)c(Cl)cc1Cl. The van der Waals surface area contributed by atoms with Crippen molar-refractivity contribution in [3.63, 3.8) is 0 Å². The Morgan fingerprint density at radius 2 is 1.90 bits per heavy atom. The Hall–Kier alpha value is -0.820. The first-order chi connectivity index (χ1) is 9.65. The Kier molecular flexibility index (Phi) is 6.46. The second-order valence-electron chi connectivity index (χ2n) is 4.86. The number of hydrogen-bond acceptors (Lipinski definition) is 4. The van der Waals surface area contributed by atoms with Crippen LogP contribution in [-0.2, 0) is 14.6 Å². The van der Waals surface area contributed by atoms with E-state index in [0.717, 1.165) is 12.1 Å². The first-order valence-corrected chi connectivity index (χ1v) is 8.59. The van der Waals surface area contributed by atoms with Crippen LogP contribution in [0.1, 0.15) is 24.2 Å². The Labute approximate surface area is 133 Å². The fourth-order valence-corrected chi connectivity index (χ4v) is 3.56. The van der Waals surface area contributed by atoms with Crippen molar-refractivity contribution in [1.82, 2.24) is 0 Å². The average molecular weight is 355 g/mol. The van der Waals surface area contributed by atoms with Crippen molar-refractivity contribution in [3.05, 3.63) is 27.7 Å². The van der Waals surface area contributed by atoms with E-state index in [1.54, 1.807) is 0 Å². The van der Waals surface area contributed by atoms with Crippen molar-refractivity contribution < 1.29 is 23.1 Å². The van der Waals surface area contributed by atoms with Gasteiger partial charge in [0.25, 0.3) is 0 Å². The quantitative estimate of drug-likeness (QED) is 0.760. The van der Waals surface area contributed by atoms with E-state index in [4.69, 9.17) is 33.0 Å².